The van der Waals surface area contributed by atoms with Gasteiger partial charge in [0, 0.05) is 17.2 Å². The molecule has 0 heterocycles. The maximum absolute atomic E-state index is 6.16. The Morgan fingerprint density at radius 2 is 1.83 bits per heavy atom. The standard InChI is InChI=1S/C15H16ClNS/c1-12-6-5-9-14(16)15(12)17-10-11-18-13-7-3-2-4-8-13/h2-9,17H,10-11H2,1H3. The van der Waals surface area contributed by atoms with Gasteiger partial charge in [-0.3, -0.25) is 0 Å². The highest BCUT2D eigenvalue weighted by molar-refractivity contribution is 7.99. The molecule has 0 aliphatic rings. The largest absolute Gasteiger partial charge is 0.383 e. The highest BCUT2D eigenvalue weighted by Crippen LogP contribution is 2.25. The molecule has 0 spiro atoms. The van der Waals surface area contributed by atoms with Crippen LogP contribution in [0.5, 0.6) is 0 Å². The maximum atomic E-state index is 6.16. The molecule has 0 amide bonds. The van der Waals surface area contributed by atoms with Crippen LogP contribution in [0.4, 0.5) is 5.69 Å². The summed E-state index contributed by atoms with van der Waals surface area (Å²) in [4.78, 5) is 1.30. The third-order valence-electron chi connectivity index (χ3n) is 2.64. The fourth-order valence-electron chi connectivity index (χ4n) is 1.72. The molecular weight excluding hydrogens is 262 g/mol. The first-order chi connectivity index (χ1) is 8.77. The molecule has 3 heteroatoms. The van der Waals surface area contributed by atoms with Crippen LogP contribution >= 0.6 is 23.4 Å². The number of thioether (sulfide) groups is 1. The Labute approximate surface area is 118 Å². The van der Waals surface area contributed by atoms with Gasteiger partial charge in [0.1, 0.15) is 0 Å². The lowest BCUT2D eigenvalue weighted by Crippen LogP contribution is -2.05. The number of para-hydroxylation sites is 1. The van der Waals surface area contributed by atoms with E-state index in [2.05, 4.69) is 42.6 Å². The molecule has 0 radical (unpaired) electrons. The molecule has 0 aromatic heterocycles. The smallest absolute Gasteiger partial charge is 0.0640 e. The Morgan fingerprint density at radius 1 is 1.06 bits per heavy atom. The van der Waals surface area contributed by atoms with Crippen molar-refractivity contribution in [2.45, 2.75) is 11.8 Å². The summed E-state index contributed by atoms with van der Waals surface area (Å²) in [6, 6.07) is 16.4. The van der Waals surface area contributed by atoms with E-state index in [1.165, 1.54) is 10.5 Å². The van der Waals surface area contributed by atoms with E-state index in [1.807, 2.05) is 30.0 Å². The van der Waals surface area contributed by atoms with Crippen LogP contribution in [0, 0.1) is 6.92 Å². The van der Waals surface area contributed by atoms with E-state index in [-0.39, 0.29) is 0 Å². The van der Waals surface area contributed by atoms with E-state index in [1.54, 1.807) is 0 Å². The topological polar surface area (TPSA) is 12.0 Å². The van der Waals surface area contributed by atoms with Crippen molar-refractivity contribution in [3.8, 4) is 0 Å². The Morgan fingerprint density at radius 3 is 2.56 bits per heavy atom. The van der Waals surface area contributed by atoms with Gasteiger partial charge in [-0.1, -0.05) is 41.9 Å². The highest BCUT2D eigenvalue weighted by atomic mass is 35.5. The van der Waals surface area contributed by atoms with Crippen LogP contribution < -0.4 is 5.32 Å². The third kappa shape index (κ3) is 3.69. The molecule has 2 aromatic carbocycles. The first-order valence-electron chi connectivity index (χ1n) is 5.94. The number of halogens is 1. The van der Waals surface area contributed by atoms with Crippen molar-refractivity contribution < 1.29 is 0 Å². The van der Waals surface area contributed by atoms with Crippen molar-refractivity contribution in [2.24, 2.45) is 0 Å². The molecule has 0 saturated carbocycles. The van der Waals surface area contributed by atoms with Crippen LogP contribution in [0.3, 0.4) is 0 Å². The Kier molecular flexibility index (Phi) is 4.97. The molecule has 0 aliphatic heterocycles. The summed E-state index contributed by atoms with van der Waals surface area (Å²) in [5, 5.41) is 4.19. The van der Waals surface area contributed by atoms with E-state index in [4.69, 9.17) is 11.6 Å². The van der Waals surface area contributed by atoms with Crippen LogP contribution in [0.2, 0.25) is 5.02 Å². The number of aryl methyl sites for hydroxylation is 1. The minimum absolute atomic E-state index is 0.791. The summed E-state index contributed by atoms with van der Waals surface area (Å²) in [6.07, 6.45) is 0. The van der Waals surface area contributed by atoms with E-state index in [0.29, 0.717) is 0 Å². The van der Waals surface area contributed by atoms with Gasteiger partial charge < -0.3 is 5.32 Å². The maximum Gasteiger partial charge on any atom is 0.0640 e. The molecule has 94 valence electrons. The average molecular weight is 278 g/mol. The van der Waals surface area contributed by atoms with Crippen LogP contribution in [0.1, 0.15) is 5.56 Å². The summed E-state index contributed by atoms with van der Waals surface area (Å²) in [5.74, 6) is 1.02. The summed E-state index contributed by atoms with van der Waals surface area (Å²) in [6.45, 7) is 2.97. The zero-order valence-electron chi connectivity index (χ0n) is 10.3. The summed E-state index contributed by atoms with van der Waals surface area (Å²) in [7, 11) is 0. The third-order valence-corrected chi connectivity index (χ3v) is 3.97. The second-order valence-corrected chi connectivity index (χ2v) is 5.60. The van der Waals surface area contributed by atoms with Gasteiger partial charge in [-0.25, -0.2) is 0 Å². The van der Waals surface area contributed by atoms with Crippen molar-refractivity contribution >= 4 is 29.1 Å². The fraction of sp³-hybridized carbons (Fsp3) is 0.200. The molecule has 0 aliphatic carbocycles. The normalized spacial score (nSPS) is 10.3. The Balaban J connectivity index is 1.82. The van der Waals surface area contributed by atoms with Gasteiger partial charge in [-0.2, -0.15) is 0 Å². The van der Waals surface area contributed by atoms with E-state index in [9.17, 15) is 0 Å². The van der Waals surface area contributed by atoms with Crippen LogP contribution in [0.25, 0.3) is 0 Å². The van der Waals surface area contributed by atoms with Gasteiger partial charge >= 0.3 is 0 Å². The highest BCUT2D eigenvalue weighted by Gasteiger charge is 2.02. The van der Waals surface area contributed by atoms with E-state index < -0.39 is 0 Å². The summed E-state index contributed by atoms with van der Waals surface area (Å²) >= 11 is 8.00. The van der Waals surface area contributed by atoms with Gasteiger partial charge in [-0.05, 0) is 30.7 Å². The molecule has 0 bridgehead atoms. The SMILES string of the molecule is Cc1cccc(Cl)c1NCCSc1ccccc1. The minimum atomic E-state index is 0.791. The number of anilines is 1. The lowest BCUT2D eigenvalue weighted by Gasteiger charge is -2.11. The fourth-order valence-corrected chi connectivity index (χ4v) is 2.80. The van der Waals surface area contributed by atoms with Crippen LogP contribution in [-0.2, 0) is 0 Å². The van der Waals surface area contributed by atoms with Gasteiger partial charge in [0.15, 0.2) is 0 Å². The molecule has 2 aromatic rings. The van der Waals surface area contributed by atoms with Crippen molar-refractivity contribution in [1.82, 2.24) is 0 Å². The van der Waals surface area contributed by atoms with Gasteiger partial charge in [0.05, 0.1) is 10.7 Å². The molecule has 0 saturated heterocycles. The predicted molar refractivity (Wildman–Crippen MR) is 81.8 cm³/mol. The lowest BCUT2D eigenvalue weighted by molar-refractivity contribution is 1.21. The molecule has 0 fully saturated rings. The molecule has 2 rings (SSSR count). The zero-order valence-corrected chi connectivity index (χ0v) is 11.9. The van der Waals surface area contributed by atoms with Crippen molar-refractivity contribution in [3.63, 3.8) is 0 Å². The zero-order chi connectivity index (χ0) is 12.8. The van der Waals surface area contributed by atoms with Crippen LogP contribution in [-0.4, -0.2) is 12.3 Å². The molecule has 1 N–H and O–H groups in total. The first kappa shape index (κ1) is 13.3. The summed E-state index contributed by atoms with van der Waals surface area (Å²) < 4.78 is 0. The number of rotatable bonds is 5. The quantitative estimate of drug-likeness (QED) is 0.619. The van der Waals surface area contributed by atoms with Crippen molar-refractivity contribution in [1.29, 1.82) is 0 Å². The van der Waals surface area contributed by atoms with E-state index >= 15 is 0 Å². The molecular formula is C15H16ClNS. The minimum Gasteiger partial charge on any atom is -0.383 e. The second-order valence-electron chi connectivity index (χ2n) is 4.02. The van der Waals surface area contributed by atoms with Gasteiger partial charge in [0.2, 0.25) is 0 Å². The van der Waals surface area contributed by atoms with Gasteiger partial charge in [0.25, 0.3) is 0 Å². The Bertz CT molecular complexity index is 479. The monoisotopic (exact) mass is 277 g/mol. The van der Waals surface area contributed by atoms with Crippen molar-refractivity contribution in [2.75, 3.05) is 17.6 Å². The predicted octanol–water partition coefficient (Wildman–Crippen LogP) is 4.85. The van der Waals surface area contributed by atoms with Crippen molar-refractivity contribution in [3.05, 3.63) is 59.1 Å². The molecule has 0 unspecified atom stereocenters. The number of nitrogens with one attached hydrogen (secondary N) is 1. The first-order valence-corrected chi connectivity index (χ1v) is 7.30. The molecule has 18 heavy (non-hydrogen) atoms. The second kappa shape index (κ2) is 6.72. The van der Waals surface area contributed by atoms with Gasteiger partial charge in [-0.15, -0.1) is 11.8 Å². The van der Waals surface area contributed by atoms with Crippen LogP contribution in [0.15, 0.2) is 53.4 Å². The average Bonchev–Trinajstić information content (AvgIpc) is 2.38. The lowest BCUT2D eigenvalue weighted by atomic mass is 10.2. The Hall–Kier alpha value is -1.12. The summed E-state index contributed by atoms with van der Waals surface area (Å²) in [5.41, 5.74) is 2.24. The molecule has 1 nitrogen and oxygen atoms in total. The number of benzene rings is 2. The molecule has 0 atom stereocenters. The van der Waals surface area contributed by atoms with E-state index in [0.717, 1.165) is 23.0 Å². The number of hydrogen-bond acceptors (Lipinski definition) is 2. The number of hydrogen-bond donors (Lipinski definition) is 1.